The molecule has 4 heteroatoms. The van der Waals surface area contributed by atoms with Gasteiger partial charge >= 0.3 is 5.97 Å². The first-order valence-corrected chi connectivity index (χ1v) is 6.46. The molecule has 0 radical (unpaired) electrons. The third-order valence-electron chi connectivity index (χ3n) is 3.02. The predicted octanol–water partition coefficient (Wildman–Crippen LogP) is 2.86. The number of aromatic carboxylic acids is 1. The number of carbonyl (C=O) groups is 1. The molecule has 0 unspecified atom stereocenters. The van der Waals surface area contributed by atoms with Gasteiger partial charge in [0.1, 0.15) is 5.56 Å². The molecular formula is C14H21NO3. The van der Waals surface area contributed by atoms with Crippen LogP contribution in [0.2, 0.25) is 0 Å². The average molecular weight is 251 g/mol. The number of aromatic nitrogens is 1. The van der Waals surface area contributed by atoms with Gasteiger partial charge in [-0.25, -0.2) is 4.79 Å². The van der Waals surface area contributed by atoms with Gasteiger partial charge in [-0.05, 0) is 24.5 Å². The van der Waals surface area contributed by atoms with Crippen LogP contribution in [0.3, 0.4) is 0 Å². The van der Waals surface area contributed by atoms with E-state index in [-0.39, 0.29) is 17.0 Å². The first kappa shape index (κ1) is 14.5. The van der Waals surface area contributed by atoms with Crippen LogP contribution < -0.4 is 5.56 Å². The van der Waals surface area contributed by atoms with E-state index in [4.69, 9.17) is 5.11 Å². The van der Waals surface area contributed by atoms with Crippen LogP contribution in [0.25, 0.3) is 0 Å². The van der Waals surface area contributed by atoms with Crippen LogP contribution in [0.4, 0.5) is 0 Å². The molecular weight excluding hydrogens is 230 g/mol. The number of carboxylic acids is 1. The topological polar surface area (TPSA) is 59.3 Å². The van der Waals surface area contributed by atoms with E-state index < -0.39 is 5.97 Å². The van der Waals surface area contributed by atoms with Crippen molar-refractivity contribution in [2.45, 2.75) is 52.5 Å². The molecule has 0 bridgehead atoms. The second kappa shape index (κ2) is 6.38. The van der Waals surface area contributed by atoms with Crippen molar-refractivity contribution >= 4 is 5.97 Å². The quantitative estimate of drug-likeness (QED) is 0.791. The van der Waals surface area contributed by atoms with Crippen molar-refractivity contribution < 1.29 is 9.90 Å². The number of unbranched alkanes of at least 4 members (excludes halogenated alkanes) is 2. The van der Waals surface area contributed by atoms with Crippen molar-refractivity contribution in [3.8, 4) is 0 Å². The Morgan fingerprint density at radius 1 is 1.33 bits per heavy atom. The number of pyridine rings is 1. The van der Waals surface area contributed by atoms with Crippen molar-refractivity contribution in [1.29, 1.82) is 0 Å². The third kappa shape index (κ3) is 3.22. The van der Waals surface area contributed by atoms with Crippen molar-refractivity contribution in [2.24, 2.45) is 0 Å². The smallest absolute Gasteiger partial charge is 0.341 e. The maximum absolute atomic E-state index is 12.1. The second-order valence-corrected chi connectivity index (χ2v) is 4.80. The monoisotopic (exact) mass is 251 g/mol. The van der Waals surface area contributed by atoms with Gasteiger partial charge in [-0.2, -0.15) is 0 Å². The van der Waals surface area contributed by atoms with Gasteiger partial charge in [0.05, 0.1) is 0 Å². The molecule has 0 saturated carbocycles. The predicted molar refractivity (Wildman–Crippen MR) is 71.3 cm³/mol. The summed E-state index contributed by atoms with van der Waals surface area (Å²) in [5, 5.41) is 8.98. The summed E-state index contributed by atoms with van der Waals surface area (Å²) in [5.41, 5.74) is 0.377. The van der Waals surface area contributed by atoms with Crippen molar-refractivity contribution in [2.75, 3.05) is 0 Å². The molecule has 0 saturated heterocycles. The highest BCUT2D eigenvalue weighted by Crippen LogP contribution is 2.14. The van der Waals surface area contributed by atoms with E-state index in [0.29, 0.717) is 6.54 Å². The van der Waals surface area contributed by atoms with Gasteiger partial charge in [-0.3, -0.25) is 4.79 Å². The van der Waals surface area contributed by atoms with Gasteiger partial charge in [0.15, 0.2) is 0 Å². The Bertz CT molecular complexity index is 474. The van der Waals surface area contributed by atoms with Crippen molar-refractivity contribution in [1.82, 2.24) is 4.57 Å². The first-order valence-electron chi connectivity index (χ1n) is 6.46. The molecule has 0 amide bonds. The SMILES string of the molecule is CCCCCn1c(C(C)C)ccc(C(=O)O)c1=O. The van der Waals surface area contributed by atoms with Gasteiger partial charge in [0, 0.05) is 12.2 Å². The van der Waals surface area contributed by atoms with E-state index in [0.717, 1.165) is 25.0 Å². The van der Waals surface area contributed by atoms with Gasteiger partial charge in [-0.1, -0.05) is 33.6 Å². The molecule has 18 heavy (non-hydrogen) atoms. The summed E-state index contributed by atoms with van der Waals surface area (Å²) in [4.78, 5) is 23.1. The normalized spacial score (nSPS) is 10.9. The fourth-order valence-electron chi connectivity index (χ4n) is 2.01. The van der Waals surface area contributed by atoms with Crippen LogP contribution in [-0.2, 0) is 6.54 Å². The van der Waals surface area contributed by atoms with Crippen molar-refractivity contribution in [3.63, 3.8) is 0 Å². The lowest BCUT2D eigenvalue weighted by atomic mass is 10.1. The summed E-state index contributed by atoms with van der Waals surface area (Å²) in [5.74, 6) is -0.943. The molecule has 0 aliphatic heterocycles. The molecule has 100 valence electrons. The average Bonchev–Trinajstić information content (AvgIpc) is 2.30. The lowest BCUT2D eigenvalue weighted by Gasteiger charge is -2.16. The van der Waals surface area contributed by atoms with E-state index in [1.54, 1.807) is 10.6 Å². The zero-order valence-electron chi connectivity index (χ0n) is 11.3. The highest BCUT2D eigenvalue weighted by Gasteiger charge is 2.15. The van der Waals surface area contributed by atoms with Crippen molar-refractivity contribution in [3.05, 3.63) is 33.7 Å². The Balaban J connectivity index is 3.19. The summed E-state index contributed by atoms with van der Waals surface area (Å²) in [6.45, 7) is 6.71. The van der Waals surface area contributed by atoms with Gasteiger partial charge < -0.3 is 9.67 Å². The Labute approximate surface area is 107 Å². The Morgan fingerprint density at radius 3 is 2.50 bits per heavy atom. The summed E-state index contributed by atoms with van der Waals surface area (Å²) in [7, 11) is 0. The molecule has 1 aromatic heterocycles. The number of rotatable bonds is 6. The van der Waals surface area contributed by atoms with E-state index in [9.17, 15) is 9.59 Å². The summed E-state index contributed by atoms with van der Waals surface area (Å²) >= 11 is 0. The molecule has 0 aromatic carbocycles. The Morgan fingerprint density at radius 2 is 2.00 bits per heavy atom. The molecule has 1 N–H and O–H groups in total. The highest BCUT2D eigenvalue weighted by atomic mass is 16.4. The number of hydrogen-bond donors (Lipinski definition) is 1. The van der Waals surface area contributed by atoms with E-state index in [1.807, 2.05) is 13.8 Å². The van der Waals surface area contributed by atoms with Gasteiger partial charge in [0.2, 0.25) is 0 Å². The number of nitrogens with zero attached hydrogens (tertiary/aromatic N) is 1. The Kier molecular flexibility index (Phi) is 5.13. The minimum absolute atomic E-state index is 0.143. The van der Waals surface area contributed by atoms with Crippen LogP contribution in [0.1, 0.15) is 62.0 Å². The Hall–Kier alpha value is -1.58. The minimum Gasteiger partial charge on any atom is -0.477 e. The molecule has 0 spiro atoms. The van der Waals surface area contributed by atoms with Gasteiger partial charge in [0.25, 0.3) is 5.56 Å². The molecule has 0 atom stereocenters. The maximum atomic E-state index is 12.1. The largest absolute Gasteiger partial charge is 0.477 e. The third-order valence-corrected chi connectivity index (χ3v) is 3.02. The van der Waals surface area contributed by atoms with E-state index in [2.05, 4.69) is 6.92 Å². The van der Waals surface area contributed by atoms with Crippen LogP contribution >= 0.6 is 0 Å². The standard InChI is InChI=1S/C14H21NO3/c1-4-5-6-9-15-12(10(2)3)8-7-11(13(15)16)14(17)18/h7-8,10H,4-6,9H2,1-3H3,(H,17,18). The van der Waals surface area contributed by atoms with Crippen LogP contribution in [0, 0.1) is 0 Å². The molecule has 1 aromatic rings. The number of hydrogen-bond acceptors (Lipinski definition) is 2. The lowest BCUT2D eigenvalue weighted by molar-refractivity contribution is 0.0694. The fourth-order valence-corrected chi connectivity index (χ4v) is 2.01. The summed E-state index contributed by atoms with van der Waals surface area (Å²) in [6.07, 6.45) is 3.02. The fraction of sp³-hybridized carbons (Fsp3) is 0.571. The maximum Gasteiger partial charge on any atom is 0.341 e. The van der Waals surface area contributed by atoms with Crippen LogP contribution in [0.5, 0.6) is 0 Å². The first-order chi connectivity index (χ1) is 8.49. The molecule has 1 rings (SSSR count). The lowest BCUT2D eigenvalue weighted by Crippen LogP contribution is -2.29. The molecule has 4 nitrogen and oxygen atoms in total. The molecule has 1 heterocycles. The molecule has 0 fully saturated rings. The zero-order chi connectivity index (χ0) is 13.7. The van der Waals surface area contributed by atoms with Gasteiger partial charge in [-0.15, -0.1) is 0 Å². The zero-order valence-corrected chi connectivity index (χ0v) is 11.3. The van der Waals surface area contributed by atoms with Crippen LogP contribution in [-0.4, -0.2) is 15.6 Å². The minimum atomic E-state index is -1.15. The van der Waals surface area contributed by atoms with E-state index in [1.165, 1.54) is 6.07 Å². The number of carboxylic acid groups (broad SMARTS) is 1. The second-order valence-electron chi connectivity index (χ2n) is 4.80. The van der Waals surface area contributed by atoms with E-state index >= 15 is 0 Å². The summed E-state index contributed by atoms with van der Waals surface area (Å²) in [6, 6.07) is 3.16. The molecule has 0 aliphatic carbocycles. The molecule has 0 aliphatic rings. The highest BCUT2D eigenvalue weighted by molar-refractivity contribution is 5.87. The summed E-state index contributed by atoms with van der Waals surface area (Å²) < 4.78 is 1.61. The van der Waals surface area contributed by atoms with Crippen LogP contribution in [0.15, 0.2) is 16.9 Å².